The number of ether oxygens (including phenoxy) is 1. The summed E-state index contributed by atoms with van der Waals surface area (Å²) in [6.07, 6.45) is 1.63. The van der Waals surface area contributed by atoms with Crippen molar-refractivity contribution in [1.82, 2.24) is 4.90 Å². The molecule has 0 bridgehead atoms. The van der Waals surface area contributed by atoms with Crippen LogP contribution in [0.4, 0.5) is 5.69 Å². The van der Waals surface area contributed by atoms with E-state index in [0.29, 0.717) is 38.4 Å². The molecule has 0 saturated carbocycles. The van der Waals surface area contributed by atoms with Crippen LogP contribution in [0.3, 0.4) is 0 Å². The fraction of sp³-hybridized carbons (Fsp3) is 0.0833. The van der Waals surface area contributed by atoms with Gasteiger partial charge in [-0.2, -0.15) is 0 Å². The third kappa shape index (κ3) is 4.73. The highest BCUT2D eigenvalue weighted by molar-refractivity contribution is 8.18. The second-order valence-corrected chi connectivity index (χ2v) is 8.00. The Balaban J connectivity index is 1.55. The van der Waals surface area contributed by atoms with E-state index in [9.17, 15) is 14.4 Å². The molecule has 0 aliphatic carbocycles. The van der Waals surface area contributed by atoms with E-state index in [4.69, 9.17) is 14.3 Å². The smallest absolute Gasteiger partial charge is 0.337 e. The maximum atomic E-state index is 12.7. The fourth-order valence-corrected chi connectivity index (χ4v) is 4.04. The summed E-state index contributed by atoms with van der Waals surface area (Å²) in [5.41, 5.74) is 1.81. The first kappa shape index (κ1) is 22.1. The van der Waals surface area contributed by atoms with Crippen molar-refractivity contribution in [1.29, 1.82) is 0 Å². The molecular formula is C24H18N2O6S. The van der Waals surface area contributed by atoms with Crippen molar-refractivity contribution in [2.45, 2.75) is 0 Å². The van der Waals surface area contributed by atoms with Crippen molar-refractivity contribution in [2.24, 2.45) is 4.99 Å². The van der Waals surface area contributed by atoms with Crippen LogP contribution in [0, 0.1) is 0 Å². The molecule has 1 saturated heterocycles. The number of methoxy groups -OCH3 is 1. The summed E-state index contributed by atoms with van der Waals surface area (Å²) in [6, 6.07) is 16.4. The topological polar surface area (TPSA) is 109 Å². The van der Waals surface area contributed by atoms with Gasteiger partial charge in [0.2, 0.25) is 0 Å². The highest BCUT2D eigenvalue weighted by Crippen LogP contribution is 2.34. The molecule has 4 rings (SSSR count). The summed E-state index contributed by atoms with van der Waals surface area (Å²) in [6.45, 7) is 0. The first-order valence-corrected chi connectivity index (χ1v) is 10.6. The van der Waals surface area contributed by atoms with Gasteiger partial charge in [-0.1, -0.05) is 12.1 Å². The van der Waals surface area contributed by atoms with Gasteiger partial charge in [-0.3, -0.25) is 9.69 Å². The minimum atomic E-state index is -1.02. The quantitative estimate of drug-likeness (QED) is 0.434. The van der Waals surface area contributed by atoms with Gasteiger partial charge in [-0.05, 0) is 60.3 Å². The molecule has 8 nitrogen and oxygen atoms in total. The predicted molar refractivity (Wildman–Crippen MR) is 124 cm³/mol. The van der Waals surface area contributed by atoms with Crippen LogP contribution in [0.5, 0.6) is 0 Å². The van der Waals surface area contributed by atoms with Gasteiger partial charge < -0.3 is 14.3 Å². The van der Waals surface area contributed by atoms with Gasteiger partial charge in [0, 0.05) is 18.7 Å². The van der Waals surface area contributed by atoms with E-state index < -0.39 is 11.9 Å². The van der Waals surface area contributed by atoms with E-state index in [-0.39, 0.29) is 11.5 Å². The zero-order valence-electron chi connectivity index (χ0n) is 17.6. The van der Waals surface area contributed by atoms with Crippen LogP contribution in [0.25, 0.3) is 17.4 Å². The number of carbonyl (C=O) groups excluding carboxylic acids is 2. The summed E-state index contributed by atoms with van der Waals surface area (Å²) in [7, 11) is 2.94. The Bertz CT molecular complexity index is 1310. The molecular weight excluding hydrogens is 444 g/mol. The third-order valence-electron chi connectivity index (χ3n) is 4.81. The van der Waals surface area contributed by atoms with Gasteiger partial charge in [0.05, 0.1) is 28.8 Å². The number of benzene rings is 2. The van der Waals surface area contributed by atoms with Gasteiger partial charge >= 0.3 is 11.9 Å². The molecule has 3 aromatic rings. The van der Waals surface area contributed by atoms with Crippen molar-refractivity contribution in [3.63, 3.8) is 0 Å². The lowest BCUT2D eigenvalue weighted by molar-refractivity contribution is -0.121. The lowest BCUT2D eigenvalue weighted by Crippen LogP contribution is -2.23. The number of hydrogen-bond acceptors (Lipinski definition) is 7. The van der Waals surface area contributed by atoms with Crippen LogP contribution in [-0.4, -0.2) is 47.2 Å². The van der Waals surface area contributed by atoms with Crippen LogP contribution in [0.2, 0.25) is 0 Å². The minimum Gasteiger partial charge on any atom is -0.478 e. The van der Waals surface area contributed by atoms with Crippen molar-refractivity contribution >= 4 is 46.5 Å². The Morgan fingerprint density at radius 3 is 2.55 bits per heavy atom. The van der Waals surface area contributed by atoms with Gasteiger partial charge in [-0.25, -0.2) is 14.6 Å². The molecule has 2 heterocycles. The first-order chi connectivity index (χ1) is 15.9. The van der Waals surface area contributed by atoms with Crippen LogP contribution < -0.4 is 0 Å². The van der Waals surface area contributed by atoms with Crippen molar-refractivity contribution in [3.05, 3.63) is 82.5 Å². The monoisotopic (exact) mass is 462 g/mol. The average molecular weight is 462 g/mol. The molecule has 0 spiro atoms. The average Bonchev–Trinajstić information content (AvgIpc) is 3.40. The number of carbonyl (C=O) groups is 3. The molecule has 0 radical (unpaired) electrons. The highest BCUT2D eigenvalue weighted by atomic mass is 32.2. The predicted octanol–water partition coefficient (Wildman–Crippen LogP) is 4.67. The first-order valence-electron chi connectivity index (χ1n) is 9.74. The molecule has 2 aromatic carbocycles. The molecule has 0 atom stereocenters. The van der Waals surface area contributed by atoms with E-state index in [0.717, 1.165) is 0 Å². The van der Waals surface area contributed by atoms with E-state index in [2.05, 4.69) is 4.99 Å². The third-order valence-corrected chi connectivity index (χ3v) is 5.87. The van der Waals surface area contributed by atoms with Crippen molar-refractivity contribution < 1.29 is 28.6 Å². The van der Waals surface area contributed by atoms with Gasteiger partial charge in [0.1, 0.15) is 11.5 Å². The van der Waals surface area contributed by atoms with Crippen molar-refractivity contribution in [3.8, 4) is 11.3 Å². The Labute approximate surface area is 193 Å². The number of aromatic carboxylic acids is 1. The lowest BCUT2D eigenvalue weighted by atomic mass is 10.1. The number of hydrogen-bond donors (Lipinski definition) is 1. The number of furan rings is 1. The molecule has 0 unspecified atom stereocenters. The van der Waals surface area contributed by atoms with Crippen LogP contribution in [-0.2, 0) is 9.53 Å². The minimum absolute atomic E-state index is 0.161. The van der Waals surface area contributed by atoms with E-state index in [1.54, 1.807) is 55.6 Å². The maximum absolute atomic E-state index is 12.7. The standard InChI is InChI=1S/C24H18N2O6S/c1-26-21(27)20(33-24(26)25-17-8-6-14(7-9-17)22(28)29)13-18-10-11-19(32-18)15-4-3-5-16(12-15)23(30)31-2/h3-13H,1-2H3,(H,28,29)/b20-13+,25-24?. The zero-order chi connectivity index (χ0) is 23.5. The summed E-state index contributed by atoms with van der Waals surface area (Å²) in [4.78, 5) is 41.7. The van der Waals surface area contributed by atoms with Crippen LogP contribution in [0.15, 0.2) is 75.0 Å². The number of carboxylic acid groups (broad SMARTS) is 1. The molecule has 1 aliphatic heterocycles. The fourth-order valence-electron chi connectivity index (χ4n) is 3.07. The SMILES string of the molecule is COC(=O)c1cccc(-c2ccc(/C=C3/SC(=Nc4ccc(C(=O)O)cc4)N(C)C3=O)o2)c1. The Hall–Kier alpha value is -4.11. The number of nitrogens with zero attached hydrogens (tertiary/aromatic N) is 2. The molecule has 1 N–H and O–H groups in total. The number of likely N-dealkylation sites (N-methyl/N-ethyl adjacent to an activating group) is 1. The summed E-state index contributed by atoms with van der Waals surface area (Å²) < 4.78 is 10.6. The van der Waals surface area contributed by atoms with Crippen molar-refractivity contribution in [2.75, 3.05) is 14.2 Å². The van der Waals surface area contributed by atoms with Crippen LogP contribution in [0.1, 0.15) is 26.5 Å². The van der Waals surface area contributed by atoms with E-state index >= 15 is 0 Å². The molecule has 1 aromatic heterocycles. The van der Waals surface area contributed by atoms with Gasteiger partial charge in [-0.15, -0.1) is 0 Å². The number of esters is 1. The molecule has 1 aliphatic rings. The summed E-state index contributed by atoms with van der Waals surface area (Å²) in [5, 5.41) is 9.47. The van der Waals surface area contributed by atoms with E-state index in [1.807, 2.05) is 6.07 Å². The number of carboxylic acids is 1. The largest absolute Gasteiger partial charge is 0.478 e. The molecule has 1 fully saturated rings. The molecule has 1 amide bonds. The maximum Gasteiger partial charge on any atom is 0.337 e. The van der Waals surface area contributed by atoms with Gasteiger partial charge in [0.15, 0.2) is 5.17 Å². The normalized spacial score (nSPS) is 15.9. The molecule has 166 valence electrons. The number of amides is 1. The summed E-state index contributed by atoms with van der Waals surface area (Å²) >= 11 is 1.19. The molecule has 33 heavy (non-hydrogen) atoms. The highest BCUT2D eigenvalue weighted by Gasteiger charge is 2.30. The van der Waals surface area contributed by atoms with E-state index in [1.165, 1.54) is 35.9 Å². The van der Waals surface area contributed by atoms with Crippen LogP contribution >= 0.6 is 11.8 Å². The Morgan fingerprint density at radius 2 is 1.85 bits per heavy atom. The summed E-state index contributed by atoms with van der Waals surface area (Å²) in [5.74, 6) is -0.664. The Morgan fingerprint density at radius 1 is 1.09 bits per heavy atom. The second kappa shape index (κ2) is 9.17. The number of thioether (sulfide) groups is 1. The Kier molecular flexibility index (Phi) is 6.14. The second-order valence-electron chi connectivity index (χ2n) is 7.00. The van der Waals surface area contributed by atoms with Gasteiger partial charge in [0.25, 0.3) is 5.91 Å². The number of aliphatic imine (C=N–C) groups is 1. The number of amidine groups is 1. The number of rotatable bonds is 5. The zero-order valence-corrected chi connectivity index (χ0v) is 18.5. The lowest BCUT2D eigenvalue weighted by Gasteiger charge is -2.07. The molecule has 9 heteroatoms.